The molecule has 7 heteroatoms. The van der Waals surface area contributed by atoms with Crippen molar-refractivity contribution in [2.75, 3.05) is 37.7 Å². The van der Waals surface area contributed by atoms with Gasteiger partial charge in [-0.1, -0.05) is 59.8 Å². The van der Waals surface area contributed by atoms with Crippen molar-refractivity contribution in [1.29, 1.82) is 0 Å². The lowest BCUT2D eigenvalue weighted by molar-refractivity contribution is -0.133. The number of hydrogen-bond donors (Lipinski definition) is 0. The third-order valence-electron chi connectivity index (χ3n) is 6.03. The number of amides is 1. The Morgan fingerprint density at radius 1 is 0.882 bits per heavy atom. The van der Waals surface area contributed by atoms with Crippen LogP contribution in [-0.4, -0.2) is 53.7 Å². The molecule has 0 radical (unpaired) electrons. The highest BCUT2D eigenvalue weighted by atomic mass is 16.5. The molecule has 1 aliphatic rings. The molecule has 1 amide bonds. The average molecular weight is 455 g/mol. The number of ether oxygens (including phenoxy) is 1. The Morgan fingerprint density at radius 2 is 1.56 bits per heavy atom. The fourth-order valence-electron chi connectivity index (χ4n) is 4.12. The summed E-state index contributed by atoms with van der Waals surface area (Å²) in [5, 5.41) is 4.14. The van der Waals surface area contributed by atoms with Crippen LogP contribution in [-0.2, 0) is 4.79 Å². The van der Waals surface area contributed by atoms with Crippen LogP contribution in [0.2, 0.25) is 0 Å². The first-order valence-electron chi connectivity index (χ1n) is 11.4. The van der Waals surface area contributed by atoms with Gasteiger partial charge in [-0.3, -0.25) is 4.79 Å². The van der Waals surface area contributed by atoms with E-state index in [1.54, 1.807) is 0 Å². The molecule has 5 rings (SSSR count). The van der Waals surface area contributed by atoms with Crippen LogP contribution in [0, 0.1) is 6.92 Å². The Hall–Kier alpha value is -4.13. The Morgan fingerprint density at radius 3 is 2.32 bits per heavy atom. The summed E-state index contributed by atoms with van der Waals surface area (Å²) < 4.78 is 11.5. The van der Waals surface area contributed by atoms with E-state index < -0.39 is 0 Å². The topological polar surface area (TPSA) is 71.7 Å². The Labute approximate surface area is 198 Å². The lowest BCUT2D eigenvalue weighted by Gasteiger charge is -2.36. The van der Waals surface area contributed by atoms with Gasteiger partial charge in [0.1, 0.15) is 5.75 Å². The quantitative estimate of drug-likeness (QED) is 0.429. The Kier molecular flexibility index (Phi) is 6.25. The summed E-state index contributed by atoms with van der Waals surface area (Å²) in [4.78, 5) is 21.5. The predicted molar refractivity (Wildman–Crippen MR) is 131 cm³/mol. The van der Waals surface area contributed by atoms with E-state index in [4.69, 9.17) is 9.26 Å². The van der Waals surface area contributed by atoms with E-state index in [1.165, 1.54) is 5.69 Å². The number of carbonyl (C=O) groups is 1. The molecule has 1 fully saturated rings. The molecule has 0 spiro atoms. The molecule has 3 aromatic carbocycles. The van der Waals surface area contributed by atoms with E-state index in [0.717, 1.165) is 24.2 Å². The number of carbonyl (C=O) groups excluding carboxylic acids is 1. The zero-order valence-corrected chi connectivity index (χ0v) is 19.1. The van der Waals surface area contributed by atoms with Gasteiger partial charge in [-0.15, -0.1) is 0 Å². The molecule has 0 N–H and O–H groups in total. The van der Waals surface area contributed by atoms with Crippen LogP contribution < -0.4 is 9.64 Å². The molecule has 0 atom stereocenters. The first kappa shape index (κ1) is 21.7. The second-order valence-electron chi connectivity index (χ2n) is 8.23. The van der Waals surface area contributed by atoms with Gasteiger partial charge in [-0.2, -0.15) is 4.98 Å². The summed E-state index contributed by atoms with van der Waals surface area (Å²) in [6.07, 6.45) is 0. The number of aromatic nitrogens is 2. The van der Waals surface area contributed by atoms with Crippen LogP contribution in [0.25, 0.3) is 22.8 Å². The van der Waals surface area contributed by atoms with Crippen molar-refractivity contribution in [2.24, 2.45) is 0 Å². The van der Waals surface area contributed by atoms with Crippen LogP contribution >= 0.6 is 0 Å². The highest BCUT2D eigenvalue weighted by Gasteiger charge is 2.22. The zero-order valence-electron chi connectivity index (χ0n) is 19.1. The Balaban J connectivity index is 1.23. The third kappa shape index (κ3) is 4.64. The minimum absolute atomic E-state index is 0.0337. The monoisotopic (exact) mass is 454 g/mol. The van der Waals surface area contributed by atoms with Gasteiger partial charge in [-0.05, 0) is 36.8 Å². The van der Waals surface area contributed by atoms with E-state index in [-0.39, 0.29) is 12.5 Å². The lowest BCUT2D eigenvalue weighted by atomic mass is 10.1. The van der Waals surface area contributed by atoms with Gasteiger partial charge in [0, 0.05) is 37.4 Å². The number of aryl methyl sites for hydroxylation is 1. The summed E-state index contributed by atoms with van der Waals surface area (Å²) in [5.74, 6) is 1.39. The standard InChI is InChI=1S/C27H26N4O3/c1-20-9-5-6-12-22(20)26-28-27(34-29-26)23-13-7-8-14-24(23)33-19-25(32)31-17-15-30(16-18-31)21-10-3-2-4-11-21/h2-14H,15-19H2,1H3. The molecular weight excluding hydrogens is 428 g/mol. The molecule has 34 heavy (non-hydrogen) atoms. The second kappa shape index (κ2) is 9.79. The summed E-state index contributed by atoms with van der Waals surface area (Å²) in [7, 11) is 0. The van der Waals surface area contributed by atoms with Gasteiger partial charge in [0.15, 0.2) is 6.61 Å². The molecule has 1 aromatic heterocycles. The van der Waals surface area contributed by atoms with Crippen LogP contribution in [0.4, 0.5) is 5.69 Å². The maximum atomic E-state index is 12.8. The van der Waals surface area contributed by atoms with Crippen molar-refractivity contribution < 1.29 is 14.1 Å². The smallest absolute Gasteiger partial charge is 0.262 e. The summed E-state index contributed by atoms with van der Waals surface area (Å²) in [6.45, 7) is 4.91. The van der Waals surface area contributed by atoms with Crippen molar-refractivity contribution in [3.8, 4) is 28.6 Å². The maximum absolute atomic E-state index is 12.8. The predicted octanol–water partition coefficient (Wildman–Crippen LogP) is 4.44. The van der Waals surface area contributed by atoms with Gasteiger partial charge in [0.05, 0.1) is 5.56 Å². The Bertz CT molecular complexity index is 1260. The van der Waals surface area contributed by atoms with Crippen molar-refractivity contribution in [3.63, 3.8) is 0 Å². The maximum Gasteiger partial charge on any atom is 0.262 e. The molecule has 0 unspecified atom stereocenters. The molecule has 0 bridgehead atoms. The van der Waals surface area contributed by atoms with Crippen molar-refractivity contribution in [2.45, 2.75) is 6.92 Å². The van der Waals surface area contributed by atoms with Gasteiger partial charge in [-0.25, -0.2) is 0 Å². The number of piperazine rings is 1. The highest BCUT2D eigenvalue weighted by Crippen LogP contribution is 2.31. The summed E-state index contributed by atoms with van der Waals surface area (Å²) in [5.41, 5.74) is 3.83. The van der Waals surface area contributed by atoms with Crippen molar-refractivity contribution >= 4 is 11.6 Å². The SMILES string of the molecule is Cc1ccccc1-c1noc(-c2ccccc2OCC(=O)N2CCN(c3ccccc3)CC2)n1. The zero-order chi connectivity index (χ0) is 23.3. The number of nitrogens with zero attached hydrogens (tertiary/aromatic N) is 4. The molecule has 0 saturated carbocycles. The number of anilines is 1. The molecule has 1 aliphatic heterocycles. The first-order valence-corrected chi connectivity index (χ1v) is 11.4. The molecular formula is C27H26N4O3. The molecule has 172 valence electrons. The van der Waals surface area contributed by atoms with E-state index in [0.29, 0.717) is 36.1 Å². The number of benzene rings is 3. The minimum atomic E-state index is -0.0405. The number of rotatable bonds is 6. The second-order valence-corrected chi connectivity index (χ2v) is 8.23. The summed E-state index contributed by atoms with van der Waals surface area (Å²) >= 11 is 0. The highest BCUT2D eigenvalue weighted by molar-refractivity contribution is 5.78. The number of hydrogen-bond acceptors (Lipinski definition) is 6. The normalized spacial score (nSPS) is 13.7. The van der Waals surface area contributed by atoms with Crippen LogP contribution in [0.1, 0.15) is 5.56 Å². The first-order chi connectivity index (χ1) is 16.7. The van der Waals surface area contributed by atoms with Crippen LogP contribution in [0.3, 0.4) is 0 Å². The average Bonchev–Trinajstić information content (AvgIpc) is 3.38. The molecule has 4 aromatic rings. The van der Waals surface area contributed by atoms with E-state index in [1.807, 2.05) is 78.6 Å². The fourth-order valence-corrected chi connectivity index (χ4v) is 4.12. The molecule has 0 aliphatic carbocycles. The molecule has 2 heterocycles. The van der Waals surface area contributed by atoms with Gasteiger partial charge < -0.3 is 19.1 Å². The minimum Gasteiger partial charge on any atom is -0.483 e. The molecule has 1 saturated heterocycles. The van der Waals surface area contributed by atoms with E-state index in [9.17, 15) is 4.79 Å². The van der Waals surface area contributed by atoms with E-state index in [2.05, 4.69) is 27.2 Å². The molecule has 7 nitrogen and oxygen atoms in total. The van der Waals surface area contributed by atoms with Crippen molar-refractivity contribution in [3.05, 3.63) is 84.4 Å². The largest absolute Gasteiger partial charge is 0.483 e. The van der Waals surface area contributed by atoms with Crippen molar-refractivity contribution in [1.82, 2.24) is 15.0 Å². The lowest BCUT2D eigenvalue weighted by Crippen LogP contribution is -2.50. The summed E-state index contributed by atoms with van der Waals surface area (Å²) in [6, 6.07) is 25.6. The van der Waals surface area contributed by atoms with Gasteiger partial charge in [0.25, 0.3) is 11.8 Å². The number of para-hydroxylation sites is 2. The van der Waals surface area contributed by atoms with Crippen LogP contribution in [0.15, 0.2) is 83.4 Å². The van der Waals surface area contributed by atoms with Gasteiger partial charge >= 0.3 is 0 Å². The van der Waals surface area contributed by atoms with E-state index >= 15 is 0 Å². The fraction of sp³-hybridized carbons (Fsp3) is 0.222. The third-order valence-corrected chi connectivity index (χ3v) is 6.03. The van der Waals surface area contributed by atoms with Gasteiger partial charge in [0.2, 0.25) is 5.82 Å². The van der Waals surface area contributed by atoms with Crippen LogP contribution in [0.5, 0.6) is 5.75 Å².